The minimum Gasteiger partial charge on any atom is -0.355 e. The largest absolute Gasteiger partial charge is 0.355 e. The molecule has 2 N–H and O–H groups in total. The van der Waals surface area contributed by atoms with Gasteiger partial charge in [0, 0.05) is 32.6 Å². The monoisotopic (exact) mass is 347 g/mol. The molecule has 1 aliphatic rings. The highest BCUT2D eigenvalue weighted by Crippen LogP contribution is 2.17. The molecule has 0 radical (unpaired) electrons. The summed E-state index contributed by atoms with van der Waals surface area (Å²) in [6.45, 7) is 4.68. The number of carbonyl (C=O) groups excluding carboxylic acids is 1. The number of nitrogens with one attached hydrogen (secondary N) is 2. The smallest absolute Gasteiger partial charge is 0.220 e. The molecular formula is C16H27Cl2N3O. The van der Waals surface area contributed by atoms with Gasteiger partial charge in [0.2, 0.25) is 5.91 Å². The van der Waals surface area contributed by atoms with E-state index < -0.39 is 0 Å². The molecule has 2 rings (SSSR count). The summed E-state index contributed by atoms with van der Waals surface area (Å²) in [7, 11) is 1.91. The molecule has 1 aromatic rings. The van der Waals surface area contributed by atoms with E-state index in [1.165, 1.54) is 11.1 Å². The van der Waals surface area contributed by atoms with Crippen molar-refractivity contribution >= 4 is 30.7 Å². The van der Waals surface area contributed by atoms with Gasteiger partial charge in [-0.25, -0.2) is 0 Å². The van der Waals surface area contributed by atoms with E-state index in [9.17, 15) is 4.79 Å². The second kappa shape index (κ2) is 11.7. The van der Waals surface area contributed by atoms with E-state index in [1.807, 2.05) is 7.05 Å². The van der Waals surface area contributed by atoms with Crippen molar-refractivity contribution in [1.82, 2.24) is 15.5 Å². The second-order valence-corrected chi connectivity index (χ2v) is 5.35. The molecule has 0 atom stereocenters. The summed E-state index contributed by atoms with van der Waals surface area (Å²) >= 11 is 0. The van der Waals surface area contributed by atoms with Gasteiger partial charge in [0.25, 0.3) is 0 Å². The Morgan fingerprint density at radius 1 is 1.18 bits per heavy atom. The molecule has 1 amide bonds. The van der Waals surface area contributed by atoms with Gasteiger partial charge in [-0.1, -0.05) is 24.3 Å². The number of halogens is 2. The second-order valence-electron chi connectivity index (χ2n) is 5.35. The molecule has 0 saturated carbocycles. The van der Waals surface area contributed by atoms with Crippen molar-refractivity contribution in [2.45, 2.75) is 25.8 Å². The van der Waals surface area contributed by atoms with Crippen LogP contribution in [-0.4, -0.2) is 44.0 Å². The van der Waals surface area contributed by atoms with Crippen LogP contribution in [0.4, 0.5) is 0 Å². The van der Waals surface area contributed by atoms with Crippen LogP contribution >= 0.6 is 24.8 Å². The molecule has 6 heteroatoms. The first-order chi connectivity index (χ1) is 9.79. The lowest BCUT2D eigenvalue weighted by atomic mass is 10.00. The van der Waals surface area contributed by atoms with Gasteiger partial charge in [0.15, 0.2) is 0 Å². The lowest BCUT2D eigenvalue weighted by molar-refractivity contribution is -0.121. The van der Waals surface area contributed by atoms with Crippen molar-refractivity contribution in [2.24, 2.45) is 0 Å². The number of hydrogen-bond donors (Lipinski definition) is 2. The van der Waals surface area contributed by atoms with Gasteiger partial charge in [-0.2, -0.15) is 0 Å². The van der Waals surface area contributed by atoms with Crippen LogP contribution in [0.2, 0.25) is 0 Å². The Kier molecular flexibility index (Phi) is 11.3. The molecule has 1 aliphatic heterocycles. The number of rotatable bonds is 7. The maximum absolute atomic E-state index is 11.6. The SMILES string of the molecule is CNCCCC(=O)NCCN1CCc2ccccc2C1.Cl.Cl. The summed E-state index contributed by atoms with van der Waals surface area (Å²) in [6.07, 6.45) is 2.63. The third kappa shape index (κ3) is 6.97. The van der Waals surface area contributed by atoms with Gasteiger partial charge in [-0.3, -0.25) is 9.69 Å². The fraction of sp³-hybridized carbons (Fsp3) is 0.562. The van der Waals surface area contributed by atoms with Gasteiger partial charge in [-0.15, -0.1) is 24.8 Å². The Balaban J connectivity index is 0.00000220. The Morgan fingerprint density at radius 2 is 1.91 bits per heavy atom. The van der Waals surface area contributed by atoms with Gasteiger partial charge in [0.05, 0.1) is 0 Å². The standard InChI is InChI=1S/C16H25N3O.2ClH/c1-17-9-4-7-16(20)18-10-12-19-11-8-14-5-2-3-6-15(14)13-19;;/h2-3,5-6,17H,4,7-13H2,1H3,(H,18,20);2*1H. The van der Waals surface area contributed by atoms with Crippen LogP contribution in [0.25, 0.3) is 0 Å². The normalized spacial score (nSPS) is 13.5. The molecular weight excluding hydrogens is 321 g/mol. The van der Waals surface area contributed by atoms with Crippen molar-refractivity contribution in [1.29, 1.82) is 0 Å². The quantitative estimate of drug-likeness (QED) is 0.741. The van der Waals surface area contributed by atoms with Crippen molar-refractivity contribution in [2.75, 3.05) is 33.2 Å². The van der Waals surface area contributed by atoms with E-state index in [4.69, 9.17) is 0 Å². The Labute approximate surface area is 145 Å². The summed E-state index contributed by atoms with van der Waals surface area (Å²) in [5, 5.41) is 6.06. The number of benzene rings is 1. The molecule has 4 nitrogen and oxygen atoms in total. The third-order valence-corrected chi connectivity index (χ3v) is 3.79. The van der Waals surface area contributed by atoms with Gasteiger partial charge in [-0.05, 0) is 37.6 Å². The summed E-state index contributed by atoms with van der Waals surface area (Å²) in [5.74, 6) is 0.164. The lowest BCUT2D eigenvalue weighted by Gasteiger charge is -2.28. The summed E-state index contributed by atoms with van der Waals surface area (Å²) in [5.41, 5.74) is 2.90. The summed E-state index contributed by atoms with van der Waals surface area (Å²) in [6, 6.07) is 8.64. The van der Waals surface area contributed by atoms with Crippen molar-refractivity contribution < 1.29 is 4.79 Å². The fourth-order valence-corrected chi connectivity index (χ4v) is 2.61. The van der Waals surface area contributed by atoms with E-state index in [0.29, 0.717) is 6.42 Å². The van der Waals surface area contributed by atoms with Crippen LogP contribution in [0, 0.1) is 0 Å². The summed E-state index contributed by atoms with van der Waals surface area (Å²) < 4.78 is 0. The van der Waals surface area contributed by atoms with E-state index in [1.54, 1.807) is 0 Å². The Hall–Kier alpha value is -0.810. The molecule has 126 valence electrons. The van der Waals surface area contributed by atoms with Crippen LogP contribution < -0.4 is 10.6 Å². The molecule has 0 unspecified atom stereocenters. The van der Waals surface area contributed by atoms with Crippen LogP contribution in [0.1, 0.15) is 24.0 Å². The van der Waals surface area contributed by atoms with Gasteiger partial charge >= 0.3 is 0 Å². The molecule has 1 heterocycles. The van der Waals surface area contributed by atoms with Crippen molar-refractivity contribution in [3.63, 3.8) is 0 Å². The van der Waals surface area contributed by atoms with E-state index >= 15 is 0 Å². The lowest BCUT2D eigenvalue weighted by Crippen LogP contribution is -2.37. The van der Waals surface area contributed by atoms with Crippen LogP contribution in [0.3, 0.4) is 0 Å². The van der Waals surface area contributed by atoms with Gasteiger partial charge < -0.3 is 10.6 Å². The molecule has 0 aliphatic carbocycles. The van der Waals surface area contributed by atoms with Crippen LogP contribution in [-0.2, 0) is 17.8 Å². The minimum atomic E-state index is 0. The first kappa shape index (κ1) is 21.2. The highest BCUT2D eigenvalue weighted by Gasteiger charge is 2.15. The minimum absolute atomic E-state index is 0. The third-order valence-electron chi connectivity index (χ3n) is 3.79. The van der Waals surface area contributed by atoms with E-state index in [-0.39, 0.29) is 30.7 Å². The highest BCUT2D eigenvalue weighted by molar-refractivity contribution is 5.85. The zero-order chi connectivity index (χ0) is 14.2. The van der Waals surface area contributed by atoms with Gasteiger partial charge in [0.1, 0.15) is 0 Å². The van der Waals surface area contributed by atoms with E-state index in [0.717, 1.165) is 45.6 Å². The highest BCUT2D eigenvalue weighted by atomic mass is 35.5. The Morgan fingerprint density at radius 3 is 2.64 bits per heavy atom. The van der Waals surface area contributed by atoms with Crippen LogP contribution in [0.5, 0.6) is 0 Å². The molecule has 22 heavy (non-hydrogen) atoms. The number of hydrogen-bond acceptors (Lipinski definition) is 3. The molecule has 0 fully saturated rings. The zero-order valence-electron chi connectivity index (χ0n) is 13.1. The molecule has 0 bridgehead atoms. The first-order valence-corrected chi connectivity index (χ1v) is 7.50. The average Bonchev–Trinajstić information content (AvgIpc) is 2.47. The maximum atomic E-state index is 11.6. The predicted octanol–water partition coefficient (Wildman–Crippen LogP) is 2.00. The number of nitrogens with zero attached hydrogens (tertiary/aromatic N) is 1. The summed E-state index contributed by atoms with van der Waals surface area (Å²) in [4.78, 5) is 14.0. The number of fused-ring (bicyclic) bond motifs is 1. The molecule has 0 spiro atoms. The first-order valence-electron chi connectivity index (χ1n) is 7.50. The maximum Gasteiger partial charge on any atom is 0.220 e. The van der Waals surface area contributed by atoms with Crippen molar-refractivity contribution in [3.05, 3.63) is 35.4 Å². The number of carbonyl (C=O) groups is 1. The van der Waals surface area contributed by atoms with E-state index in [2.05, 4.69) is 39.8 Å². The molecule has 0 aromatic heterocycles. The molecule has 1 aromatic carbocycles. The Bertz CT molecular complexity index is 443. The fourth-order valence-electron chi connectivity index (χ4n) is 2.61. The number of amides is 1. The average molecular weight is 348 g/mol. The topological polar surface area (TPSA) is 44.4 Å². The van der Waals surface area contributed by atoms with Crippen LogP contribution in [0.15, 0.2) is 24.3 Å². The van der Waals surface area contributed by atoms with Crippen molar-refractivity contribution in [3.8, 4) is 0 Å². The zero-order valence-corrected chi connectivity index (χ0v) is 14.8. The molecule has 0 saturated heterocycles. The predicted molar refractivity (Wildman–Crippen MR) is 96.1 cm³/mol.